The van der Waals surface area contributed by atoms with E-state index in [2.05, 4.69) is 5.10 Å². The van der Waals surface area contributed by atoms with E-state index in [1.54, 1.807) is 14.0 Å². The van der Waals surface area contributed by atoms with Crippen molar-refractivity contribution in [2.24, 2.45) is 7.05 Å². The number of rotatable bonds is 2. The van der Waals surface area contributed by atoms with Crippen molar-refractivity contribution in [3.63, 3.8) is 0 Å². The summed E-state index contributed by atoms with van der Waals surface area (Å²) in [6.45, 7) is 1.64. The van der Waals surface area contributed by atoms with Gasteiger partial charge < -0.3 is 5.11 Å². The predicted molar refractivity (Wildman–Crippen MR) is 68.5 cm³/mol. The zero-order valence-corrected chi connectivity index (χ0v) is 11.5. The van der Waals surface area contributed by atoms with Gasteiger partial charge in [0.15, 0.2) is 0 Å². The third kappa shape index (κ3) is 2.66. The van der Waals surface area contributed by atoms with Crippen molar-refractivity contribution in [3.05, 3.63) is 51.8 Å². The molecule has 0 saturated carbocycles. The summed E-state index contributed by atoms with van der Waals surface area (Å²) in [5.74, 6) is 0. The first-order valence-corrected chi connectivity index (χ1v) is 6.14. The van der Waals surface area contributed by atoms with Crippen LogP contribution in [0.2, 0.25) is 5.15 Å². The zero-order valence-electron chi connectivity index (χ0n) is 10.7. The van der Waals surface area contributed by atoms with Gasteiger partial charge in [-0.15, -0.1) is 0 Å². The molecule has 0 spiro atoms. The van der Waals surface area contributed by atoms with E-state index in [0.717, 1.165) is 12.1 Å². The molecule has 2 rings (SSSR count). The Hall–Kier alpha value is -1.53. The molecular formula is C13H12ClF3N2O. The standard InChI is InChI=1S/C13H12ClF3N2O/c1-7-10(12(14)19(2)18-7)11(20)8-4-3-5-9(6-8)13(15,16)17/h3-6,11,20H,1-2H3. The molecule has 1 heterocycles. The molecule has 0 aliphatic rings. The minimum atomic E-state index is -4.45. The van der Waals surface area contributed by atoms with Crippen LogP contribution in [0.4, 0.5) is 13.2 Å². The molecule has 1 aromatic carbocycles. The largest absolute Gasteiger partial charge is 0.416 e. The van der Waals surface area contributed by atoms with E-state index < -0.39 is 17.8 Å². The molecule has 1 N–H and O–H groups in total. The van der Waals surface area contributed by atoms with Gasteiger partial charge in [0.2, 0.25) is 0 Å². The smallest absolute Gasteiger partial charge is 0.383 e. The molecular weight excluding hydrogens is 293 g/mol. The topological polar surface area (TPSA) is 38.0 Å². The third-order valence-electron chi connectivity index (χ3n) is 3.00. The monoisotopic (exact) mass is 304 g/mol. The van der Waals surface area contributed by atoms with Crippen LogP contribution in [0.3, 0.4) is 0 Å². The molecule has 0 aliphatic carbocycles. The highest BCUT2D eigenvalue weighted by Gasteiger charge is 2.31. The zero-order chi connectivity index (χ0) is 15.1. The van der Waals surface area contributed by atoms with Crippen LogP contribution in [0.1, 0.15) is 28.5 Å². The maximum atomic E-state index is 12.7. The first kappa shape index (κ1) is 14.9. The van der Waals surface area contributed by atoms with Gasteiger partial charge in [-0.25, -0.2) is 0 Å². The van der Waals surface area contributed by atoms with E-state index in [0.29, 0.717) is 11.3 Å². The number of nitrogens with zero attached hydrogens (tertiary/aromatic N) is 2. The first-order valence-electron chi connectivity index (χ1n) is 5.76. The van der Waals surface area contributed by atoms with Crippen molar-refractivity contribution in [2.75, 3.05) is 0 Å². The Bertz CT molecular complexity index is 637. The van der Waals surface area contributed by atoms with Crippen molar-refractivity contribution in [2.45, 2.75) is 19.2 Å². The average Bonchev–Trinajstić information content (AvgIpc) is 2.62. The van der Waals surface area contributed by atoms with E-state index in [4.69, 9.17) is 11.6 Å². The summed E-state index contributed by atoms with van der Waals surface area (Å²) in [5.41, 5.74) is 0.0976. The lowest BCUT2D eigenvalue weighted by Gasteiger charge is -2.14. The van der Waals surface area contributed by atoms with Gasteiger partial charge in [-0.05, 0) is 24.6 Å². The molecule has 0 saturated heterocycles. The molecule has 0 radical (unpaired) electrons. The molecule has 1 unspecified atom stereocenters. The fraction of sp³-hybridized carbons (Fsp3) is 0.308. The third-order valence-corrected chi connectivity index (χ3v) is 3.45. The molecule has 0 fully saturated rings. The van der Waals surface area contributed by atoms with Crippen LogP contribution in [0, 0.1) is 6.92 Å². The Morgan fingerprint density at radius 1 is 1.35 bits per heavy atom. The second kappa shape index (κ2) is 5.10. The van der Waals surface area contributed by atoms with Gasteiger partial charge in [0.25, 0.3) is 0 Å². The van der Waals surface area contributed by atoms with E-state index in [9.17, 15) is 18.3 Å². The number of aliphatic hydroxyl groups excluding tert-OH is 1. The summed E-state index contributed by atoms with van der Waals surface area (Å²) in [4.78, 5) is 0. The van der Waals surface area contributed by atoms with E-state index in [-0.39, 0.29) is 10.7 Å². The van der Waals surface area contributed by atoms with E-state index in [1.807, 2.05) is 0 Å². The van der Waals surface area contributed by atoms with Gasteiger partial charge in [0, 0.05) is 12.6 Å². The quantitative estimate of drug-likeness (QED) is 0.922. The summed E-state index contributed by atoms with van der Waals surface area (Å²) in [5, 5.41) is 14.5. The second-order valence-electron chi connectivity index (χ2n) is 4.44. The van der Waals surface area contributed by atoms with Crippen molar-refractivity contribution >= 4 is 11.6 Å². The molecule has 1 atom stereocenters. The Labute approximate surface area is 118 Å². The number of alkyl halides is 3. The summed E-state index contributed by atoms with van der Waals surface area (Å²) in [6, 6.07) is 4.53. The van der Waals surface area contributed by atoms with Crippen LogP contribution < -0.4 is 0 Å². The lowest BCUT2D eigenvalue weighted by Crippen LogP contribution is -2.08. The van der Waals surface area contributed by atoms with Crippen LogP contribution in [-0.2, 0) is 13.2 Å². The minimum Gasteiger partial charge on any atom is -0.383 e. The molecule has 0 bridgehead atoms. The highest BCUT2D eigenvalue weighted by atomic mass is 35.5. The SMILES string of the molecule is Cc1nn(C)c(Cl)c1C(O)c1cccc(C(F)(F)F)c1. The van der Waals surface area contributed by atoms with Gasteiger partial charge >= 0.3 is 6.18 Å². The molecule has 108 valence electrons. The van der Waals surface area contributed by atoms with E-state index >= 15 is 0 Å². The molecule has 0 aliphatic heterocycles. The first-order chi connectivity index (χ1) is 9.21. The van der Waals surface area contributed by atoms with Crippen molar-refractivity contribution in [1.82, 2.24) is 9.78 Å². The number of aryl methyl sites for hydroxylation is 2. The molecule has 2 aromatic rings. The normalized spacial score (nSPS) is 13.6. The minimum absolute atomic E-state index is 0.123. The molecule has 1 aromatic heterocycles. The predicted octanol–water partition coefficient (Wildman–Crippen LogP) is 3.48. The summed E-state index contributed by atoms with van der Waals surface area (Å²) in [6.07, 6.45) is -5.71. The van der Waals surface area contributed by atoms with Gasteiger partial charge in [-0.3, -0.25) is 4.68 Å². The fourth-order valence-electron chi connectivity index (χ4n) is 2.01. The highest BCUT2D eigenvalue weighted by Crippen LogP contribution is 2.34. The lowest BCUT2D eigenvalue weighted by atomic mass is 10.00. The number of aromatic nitrogens is 2. The average molecular weight is 305 g/mol. The Balaban J connectivity index is 2.46. The maximum absolute atomic E-state index is 12.7. The van der Waals surface area contributed by atoms with Crippen molar-refractivity contribution < 1.29 is 18.3 Å². The second-order valence-corrected chi connectivity index (χ2v) is 4.80. The Kier molecular flexibility index (Phi) is 3.80. The number of aliphatic hydroxyl groups is 1. The van der Waals surface area contributed by atoms with Crippen LogP contribution >= 0.6 is 11.6 Å². The highest BCUT2D eigenvalue weighted by molar-refractivity contribution is 6.30. The number of benzene rings is 1. The summed E-state index contributed by atoms with van der Waals surface area (Å²) < 4.78 is 39.4. The van der Waals surface area contributed by atoms with Crippen LogP contribution in [0.15, 0.2) is 24.3 Å². The number of hydrogen-bond acceptors (Lipinski definition) is 2. The van der Waals surface area contributed by atoms with Crippen LogP contribution in [0.25, 0.3) is 0 Å². The Morgan fingerprint density at radius 3 is 2.50 bits per heavy atom. The van der Waals surface area contributed by atoms with Crippen molar-refractivity contribution in [3.8, 4) is 0 Å². The van der Waals surface area contributed by atoms with E-state index in [1.165, 1.54) is 16.8 Å². The van der Waals surface area contributed by atoms with Crippen molar-refractivity contribution in [1.29, 1.82) is 0 Å². The van der Waals surface area contributed by atoms with Gasteiger partial charge in [0.05, 0.1) is 11.3 Å². The van der Waals surface area contributed by atoms with Gasteiger partial charge in [0.1, 0.15) is 11.3 Å². The number of halogens is 4. The molecule has 0 amide bonds. The maximum Gasteiger partial charge on any atom is 0.416 e. The summed E-state index contributed by atoms with van der Waals surface area (Å²) >= 11 is 6.01. The molecule has 7 heteroatoms. The number of hydrogen-bond donors (Lipinski definition) is 1. The van der Waals surface area contributed by atoms with Crippen LogP contribution in [0.5, 0.6) is 0 Å². The molecule has 3 nitrogen and oxygen atoms in total. The van der Waals surface area contributed by atoms with Gasteiger partial charge in [-0.2, -0.15) is 18.3 Å². The van der Waals surface area contributed by atoms with Crippen LogP contribution in [-0.4, -0.2) is 14.9 Å². The molecule has 20 heavy (non-hydrogen) atoms. The van der Waals surface area contributed by atoms with Gasteiger partial charge in [-0.1, -0.05) is 23.7 Å². The Morgan fingerprint density at radius 2 is 2.00 bits per heavy atom. The summed E-state index contributed by atoms with van der Waals surface area (Å²) in [7, 11) is 1.59. The lowest BCUT2D eigenvalue weighted by molar-refractivity contribution is -0.137. The fourth-order valence-corrected chi connectivity index (χ4v) is 2.29.